The molecule has 6 nitrogen and oxygen atoms in total. The van der Waals surface area contributed by atoms with Crippen LogP contribution in [0, 0.1) is 0 Å². The van der Waals surface area contributed by atoms with Crippen LogP contribution < -0.4 is 15.8 Å². The number of carbonyl (C=O) groups is 1. The number of hydrogen-bond donors (Lipinski definition) is 3. The number of nitrogens with two attached hydrogens (primary N) is 1. The smallest absolute Gasteiger partial charge is 0.240 e. The second-order valence-corrected chi connectivity index (χ2v) is 5.42. The minimum atomic E-state index is -3.76. The van der Waals surface area contributed by atoms with Crippen LogP contribution in [0.2, 0.25) is 0 Å². The molecule has 4 N–H and O–H groups in total. The minimum absolute atomic E-state index is 0.0411. The van der Waals surface area contributed by atoms with Crippen LogP contribution in [0.4, 0.5) is 5.69 Å². The standard InChI is InChI=1S/C10H13N3O3S/c11-17(15,16)9-4-2-1-3-8(9)13-7-5-10(14)12-6-7/h1-4,7,13H,5-6H2,(H,12,14)(H2,11,15,16). The van der Waals surface area contributed by atoms with E-state index in [4.69, 9.17) is 5.14 Å². The summed E-state index contributed by atoms with van der Waals surface area (Å²) < 4.78 is 22.7. The summed E-state index contributed by atoms with van der Waals surface area (Å²) in [6.07, 6.45) is 0.332. The molecule has 0 radical (unpaired) electrons. The van der Waals surface area contributed by atoms with Crippen molar-refractivity contribution >= 4 is 21.6 Å². The van der Waals surface area contributed by atoms with Crippen molar-refractivity contribution < 1.29 is 13.2 Å². The maximum Gasteiger partial charge on any atom is 0.240 e. The van der Waals surface area contributed by atoms with Gasteiger partial charge in [-0.2, -0.15) is 0 Å². The molecule has 1 amide bonds. The van der Waals surface area contributed by atoms with Crippen molar-refractivity contribution in [1.82, 2.24) is 5.32 Å². The number of para-hydroxylation sites is 1. The minimum Gasteiger partial charge on any atom is -0.379 e. The van der Waals surface area contributed by atoms with Crippen molar-refractivity contribution in [2.75, 3.05) is 11.9 Å². The van der Waals surface area contributed by atoms with Gasteiger partial charge in [0.2, 0.25) is 15.9 Å². The molecule has 1 heterocycles. The lowest BCUT2D eigenvalue weighted by molar-refractivity contribution is -0.119. The van der Waals surface area contributed by atoms with E-state index in [9.17, 15) is 13.2 Å². The fourth-order valence-corrected chi connectivity index (χ4v) is 2.46. The number of amides is 1. The molecule has 0 aromatic heterocycles. The summed E-state index contributed by atoms with van der Waals surface area (Å²) in [7, 11) is -3.76. The Balaban J connectivity index is 2.24. The van der Waals surface area contributed by atoms with Gasteiger partial charge in [-0.1, -0.05) is 12.1 Å². The van der Waals surface area contributed by atoms with Crippen molar-refractivity contribution in [2.45, 2.75) is 17.4 Å². The number of benzene rings is 1. The topological polar surface area (TPSA) is 101 Å². The van der Waals surface area contributed by atoms with Gasteiger partial charge < -0.3 is 10.6 Å². The van der Waals surface area contributed by atoms with E-state index in [-0.39, 0.29) is 16.8 Å². The first-order chi connectivity index (χ1) is 7.97. The van der Waals surface area contributed by atoms with Crippen molar-refractivity contribution in [3.8, 4) is 0 Å². The van der Waals surface area contributed by atoms with Gasteiger partial charge in [-0.25, -0.2) is 13.6 Å². The summed E-state index contributed by atoms with van der Waals surface area (Å²) >= 11 is 0. The average molecular weight is 255 g/mol. The van der Waals surface area contributed by atoms with Gasteiger partial charge in [0, 0.05) is 13.0 Å². The van der Waals surface area contributed by atoms with Gasteiger partial charge in [-0.05, 0) is 12.1 Å². The Hall–Kier alpha value is -1.60. The normalized spacial score (nSPS) is 20.1. The highest BCUT2D eigenvalue weighted by atomic mass is 32.2. The molecule has 0 saturated carbocycles. The van der Waals surface area contributed by atoms with Crippen LogP contribution in [0.5, 0.6) is 0 Å². The first kappa shape index (κ1) is 11.9. The van der Waals surface area contributed by atoms with E-state index in [0.29, 0.717) is 18.7 Å². The third kappa shape index (κ3) is 2.75. The van der Waals surface area contributed by atoms with Crippen molar-refractivity contribution in [2.24, 2.45) is 5.14 Å². The zero-order chi connectivity index (χ0) is 12.5. The molecule has 1 unspecified atom stereocenters. The van der Waals surface area contributed by atoms with E-state index in [1.54, 1.807) is 18.2 Å². The van der Waals surface area contributed by atoms with Crippen molar-refractivity contribution in [3.05, 3.63) is 24.3 Å². The van der Waals surface area contributed by atoms with Gasteiger partial charge in [0.1, 0.15) is 4.90 Å². The highest BCUT2D eigenvalue weighted by Gasteiger charge is 2.23. The number of primary sulfonamides is 1. The number of anilines is 1. The summed E-state index contributed by atoms with van der Waals surface area (Å²) in [4.78, 5) is 11.1. The van der Waals surface area contributed by atoms with Gasteiger partial charge in [0.15, 0.2) is 0 Å². The fourth-order valence-electron chi connectivity index (χ4n) is 1.76. The number of sulfonamides is 1. The lowest BCUT2D eigenvalue weighted by Crippen LogP contribution is -2.24. The molecule has 0 spiro atoms. The Morgan fingerprint density at radius 1 is 1.35 bits per heavy atom. The van der Waals surface area contributed by atoms with E-state index in [0.717, 1.165) is 0 Å². The van der Waals surface area contributed by atoms with E-state index in [1.165, 1.54) is 6.07 Å². The summed E-state index contributed by atoms with van der Waals surface area (Å²) in [6.45, 7) is 0.484. The molecule has 1 aliphatic heterocycles. The molecular formula is C10H13N3O3S. The second-order valence-electron chi connectivity index (χ2n) is 3.89. The number of nitrogens with one attached hydrogen (secondary N) is 2. The lowest BCUT2D eigenvalue weighted by atomic mass is 10.2. The van der Waals surface area contributed by atoms with Crippen LogP contribution in [0.15, 0.2) is 29.2 Å². The van der Waals surface area contributed by atoms with E-state index >= 15 is 0 Å². The summed E-state index contributed by atoms with van der Waals surface area (Å²) in [5, 5.41) is 10.8. The van der Waals surface area contributed by atoms with Crippen molar-refractivity contribution in [3.63, 3.8) is 0 Å². The van der Waals surface area contributed by atoms with Crippen LogP contribution in [-0.2, 0) is 14.8 Å². The van der Waals surface area contributed by atoms with Gasteiger partial charge in [0.05, 0.1) is 11.7 Å². The second kappa shape index (κ2) is 4.34. The highest BCUT2D eigenvalue weighted by Crippen LogP contribution is 2.21. The van der Waals surface area contributed by atoms with Crippen LogP contribution >= 0.6 is 0 Å². The van der Waals surface area contributed by atoms with Crippen LogP contribution in [0.3, 0.4) is 0 Å². The summed E-state index contributed by atoms with van der Waals surface area (Å²) in [5.74, 6) is -0.0458. The Morgan fingerprint density at radius 2 is 2.06 bits per heavy atom. The number of rotatable bonds is 3. The average Bonchev–Trinajstić information content (AvgIpc) is 2.63. The van der Waals surface area contributed by atoms with Gasteiger partial charge in [-0.15, -0.1) is 0 Å². The monoisotopic (exact) mass is 255 g/mol. The molecule has 1 aromatic rings. The Kier molecular flexibility index (Phi) is 3.03. The summed E-state index contributed by atoms with van der Waals surface area (Å²) in [6, 6.07) is 6.26. The quantitative estimate of drug-likeness (QED) is 0.686. The lowest BCUT2D eigenvalue weighted by Gasteiger charge is -2.14. The van der Waals surface area contributed by atoms with E-state index in [2.05, 4.69) is 10.6 Å². The first-order valence-corrected chi connectivity index (χ1v) is 6.66. The molecule has 1 aliphatic rings. The summed E-state index contributed by atoms with van der Waals surface area (Å²) in [5.41, 5.74) is 0.427. The molecule has 0 aliphatic carbocycles. The zero-order valence-corrected chi connectivity index (χ0v) is 9.83. The zero-order valence-electron chi connectivity index (χ0n) is 9.01. The molecule has 1 fully saturated rings. The molecule has 0 bridgehead atoms. The molecule has 17 heavy (non-hydrogen) atoms. The maximum absolute atomic E-state index is 11.3. The molecule has 1 atom stereocenters. The fraction of sp³-hybridized carbons (Fsp3) is 0.300. The number of carbonyl (C=O) groups excluding carboxylic acids is 1. The molecular weight excluding hydrogens is 242 g/mol. The SMILES string of the molecule is NS(=O)(=O)c1ccccc1NC1CNC(=O)C1. The van der Waals surface area contributed by atoms with Gasteiger partial charge in [0.25, 0.3) is 0 Å². The van der Waals surface area contributed by atoms with Crippen molar-refractivity contribution in [1.29, 1.82) is 0 Å². The predicted octanol–water partition coefficient (Wildman–Crippen LogP) is -0.366. The van der Waals surface area contributed by atoms with Crippen LogP contribution in [0.1, 0.15) is 6.42 Å². The van der Waals surface area contributed by atoms with Crippen LogP contribution in [0.25, 0.3) is 0 Å². The Labute approximate surface area is 99.2 Å². The van der Waals surface area contributed by atoms with Gasteiger partial charge >= 0.3 is 0 Å². The molecule has 7 heteroatoms. The van der Waals surface area contributed by atoms with E-state index < -0.39 is 10.0 Å². The predicted molar refractivity (Wildman–Crippen MR) is 62.9 cm³/mol. The Morgan fingerprint density at radius 3 is 2.65 bits per heavy atom. The third-order valence-corrected chi connectivity index (χ3v) is 3.50. The molecule has 92 valence electrons. The largest absolute Gasteiger partial charge is 0.379 e. The molecule has 1 aromatic carbocycles. The Bertz CT molecular complexity index is 541. The van der Waals surface area contributed by atoms with E-state index in [1.807, 2.05) is 0 Å². The molecule has 2 rings (SSSR count). The number of hydrogen-bond acceptors (Lipinski definition) is 4. The van der Waals surface area contributed by atoms with Gasteiger partial charge in [-0.3, -0.25) is 4.79 Å². The first-order valence-electron chi connectivity index (χ1n) is 5.12. The molecule has 1 saturated heterocycles. The highest BCUT2D eigenvalue weighted by molar-refractivity contribution is 7.89. The van der Waals surface area contributed by atoms with Crippen LogP contribution in [-0.4, -0.2) is 26.9 Å². The maximum atomic E-state index is 11.3. The third-order valence-electron chi connectivity index (χ3n) is 2.53.